The SMILES string of the molecule is O=C1OC2(CCCC/C2=N\O)O1. The number of rotatable bonds is 0. The summed E-state index contributed by atoms with van der Waals surface area (Å²) in [6.07, 6.45) is 2.41. The van der Waals surface area contributed by atoms with Crippen molar-refractivity contribution in [3.63, 3.8) is 0 Å². The van der Waals surface area contributed by atoms with Crippen LogP contribution in [0.25, 0.3) is 0 Å². The van der Waals surface area contributed by atoms with Crippen molar-refractivity contribution in [2.75, 3.05) is 0 Å². The van der Waals surface area contributed by atoms with E-state index in [9.17, 15) is 4.79 Å². The summed E-state index contributed by atoms with van der Waals surface area (Å²) in [7, 11) is 0. The molecule has 0 aromatic carbocycles. The smallest absolute Gasteiger partial charge is 0.411 e. The zero-order chi connectivity index (χ0) is 8.60. The van der Waals surface area contributed by atoms with Gasteiger partial charge in [-0.05, 0) is 19.3 Å². The van der Waals surface area contributed by atoms with Crippen molar-refractivity contribution in [3.05, 3.63) is 0 Å². The van der Waals surface area contributed by atoms with E-state index in [0.29, 0.717) is 18.6 Å². The Hall–Kier alpha value is -1.26. The molecule has 66 valence electrons. The van der Waals surface area contributed by atoms with Gasteiger partial charge in [0.25, 0.3) is 0 Å². The molecule has 0 amide bonds. The van der Waals surface area contributed by atoms with E-state index in [4.69, 9.17) is 14.7 Å². The number of carbonyl (C=O) groups is 1. The Morgan fingerprint density at radius 2 is 2.17 bits per heavy atom. The molecule has 5 heteroatoms. The maximum Gasteiger partial charge on any atom is 0.515 e. The quantitative estimate of drug-likeness (QED) is 0.338. The predicted octanol–water partition coefficient (Wildman–Crippen LogP) is 1.25. The number of hydrogen-bond donors (Lipinski definition) is 1. The fourth-order valence-electron chi connectivity index (χ4n) is 1.61. The summed E-state index contributed by atoms with van der Waals surface area (Å²) >= 11 is 0. The Morgan fingerprint density at radius 3 is 2.75 bits per heavy atom. The fraction of sp³-hybridized carbons (Fsp3) is 0.714. The maximum atomic E-state index is 10.5. The number of oxime groups is 1. The minimum Gasteiger partial charge on any atom is -0.411 e. The second-order valence-electron chi connectivity index (χ2n) is 2.96. The summed E-state index contributed by atoms with van der Waals surface area (Å²) in [5.41, 5.74) is 0.424. The summed E-state index contributed by atoms with van der Waals surface area (Å²) in [6.45, 7) is 0. The third-order valence-corrected chi connectivity index (χ3v) is 2.23. The second kappa shape index (κ2) is 2.36. The van der Waals surface area contributed by atoms with E-state index in [1.807, 2.05) is 0 Å². The normalized spacial score (nSPS) is 29.3. The Morgan fingerprint density at radius 1 is 1.42 bits per heavy atom. The van der Waals surface area contributed by atoms with E-state index in [0.717, 1.165) is 12.8 Å². The van der Waals surface area contributed by atoms with Gasteiger partial charge in [0.05, 0.1) is 0 Å². The molecule has 1 aliphatic heterocycles. The first-order chi connectivity index (χ1) is 5.77. The lowest BCUT2D eigenvalue weighted by Gasteiger charge is -2.41. The van der Waals surface area contributed by atoms with E-state index < -0.39 is 11.9 Å². The fourth-order valence-corrected chi connectivity index (χ4v) is 1.61. The minimum absolute atomic E-state index is 0.424. The molecule has 5 nitrogen and oxygen atoms in total. The van der Waals surface area contributed by atoms with Crippen LogP contribution in [0.4, 0.5) is 4.79 Å². The summed E-state index contributed by atoms with van der Waals surface area (Å²) in [4.78, 5) is 10.5. The van der Waals surface area contributed by atoms with Crippen molar-refractivity contribution in [3.8, 4) is 0 Å². The summed E-state index contributed by atoms with van der Waals surface area (Å²) in [5.74, 6) is -1.01. The van der Waals surface area contributed by atoms with Gasteiger partial charge in [-0.25, -0.2) is 4.79 Å². The van der Waals surface area contributed by atoms with Gasteiger partial charge < -0.3 is 14.7 Å². The van der Waals surface area contributed by atoms with Crippen molar-refractivity contribution in [1.82, 2.24) is 0 Å². The largest absolute Gasteiger partial charge is 0.515 e. The van der Waals surface area contributed by atoms with E-state index in [1.54, 1.807) is 0 Å². The van der Waals surface area contributed by atoms with Crippen LogP contribution in [0, 0.1) is 0 Å². The summed E-state index contributed by atoms with van der Waals surface area (Å²) in [6, 6.07) is 0. The Labute approximate surface area is 68.9 Å². The topological polar surface area (TPSA) is 68.1 Å². The highest BCUT2D eigenvalue weighted by atomic mass is 16.9. The van der Waals surface area contributed by atoms with Crippen LogP contribution < -0.4 is 0 Å². The first-order valence-corrected chi connectivity index (χ1v) is 3.90. The van der Waals surface area contributed by atoms with Crippen LogP contribution in [0.3, 0.4) is 0 Å². The van der Waals surface area contributed by atoms with Gasteiger partial charge in [-0.1, -0.05) is 5.16 Å². The third-order valence-electron chi connectivity index (χ3n) is 2.23. The number of hydrogen-bond acceptors (Lipinski definition) is 5. The average molecular weight is 171 g/mol. The summed E-state index contributed by atoms with van der Waals surface area (Å²) in [5, 5.41) is 11.7. The molecule has 2 fully saturated rings. The van der Waals surface area contributed by atoms with Crippen LogP contribution >= 0.6 is 0 Å². The molecule has 0 aromatic rings. The standard InChI is InChI=1S/C7H9NO4/c9-6-11-7(12-6)4-2-1-3-5(7)8-10/h10H,1-4H2/b8-5+. The van der Waals surface area contributed by atoms with Gasteiger partial charge in [0, 0.05) is 6.42 Å². The Kier molecular flexibility index (Phi) is 1.46. The molecule has 0 aromatic heterocycles. The highest BCUT2D eigenvalue weighted by Crippen LogP contribution is 2.37. The molecular weight excluding hydrogens is 162 g/mol. The van der Waals surface area contributed by atoms with Crippen LogP contribution in [0.5, 0.6) is 0 Å². The molecule has 0 bridgehead atoms. The van der Waals surface area contributed by atoms with Gasteiger partial charge in [0.2, 0.25) is 0 Å². The minimum atomic E-state index is -1.01. The highest BCUT2D eigenvalue weighted by molar-refractivity contribution is 5.96. The Bertz CT molecular complexity index is 240. The van der Waals surface area contributed by atoms with Gasteiger partial charge in [-0.3, -0.25) is 0 Å². The molecule has 12 heavy (non-hydrogen) atoms. The lowest BCUT2D eigenvalue weighted by atomic mass is 9.91. The first kappa shape index (κ1) is 7.39. The third kappa shape index (κ3) is 0.855. The second-order valence-corrected chi connectivity index (χ2v) is 2.96. The Balaban J connectivity index is 2.16. The van der Waals surface area contributed by atoms with Gasteiger partial charge in [-0.15, -0.1) is 0 Å². The average Bonchev–Trinajstić information content (AvgIpc) is 2.03. The molecule has 1 spiro atoms. The number of ether oxygens (including phenoxy) is 2. The maximum absolute atomic E-state index is 10.5. The van der Waals surface area contributed by atoms with Crippen molar-refractivity contribution >= 4 is 11.9 Å². The van der Waals surface area contributed by atoms with Crippen molar-refractivity contribution in [2.24, 2.45) is 5.16 Å². The van der Waals surface area contributed by atoms with E-state index in [2.05, 4.69) is 5.16 Å². The van der Waals surface area contributed by atoms with Crippen LogP contribution in [0.2, 0.25) is 0 Å². The molecule has 1 saturated carbocycles. The lowest BCUT2D eigenvalue weighted by Crippen LogP contribution is -2.57. The van der Waals surface area contributed by atoms with Crippen LogP contribution in [0.1, 0.15) is 25.7 Å². The molecule has 0 atom stereocenters. The highest BCUT2D eigenvalue weighted by Gasteiger charge is 2.54. The zero-order valence-electron chi connectivity index (χ0n) is 6.45. The molecule has 1 N–H and O–H groups in total. The predicted molar refractivity (Wildman–Crippen MR) is 38.0 cm³/mol. The van der Waals surface area contributed by atoms with E-state index in [1.165, 1.54) is 0 Å². The molecule has 0 unspecified atom stereocenters. The molecule has 1 saturated heterocycles. The van der Waals surface area contributed by atoms with Crippen LogP contribution in [0.15, 0.2) is 5.16 Å². The number of carbonyl (C=O) groups excluding carboxylic acids is 1. The van der Waals surface area contributed by atoms with Gasteiger partial charge in [0.1, 0.15) is 5.71 Å². The molecule has 2 aliphatic rings. The first-order valence-electron chi connectivity index (χ1n) is 3.90. The van der Waals surface area contributed by atoms with Crippen molar-refractivity contribution < 1.29 is 19.5 Å². The van der Waals surface area contributed by atoms with Crippen molar-refractivity contribution in [1.29, 1.82) is 0 Å². The summed E-state index contributed by atoms with van der Waals surface area (Å²) < 4.78 is 9.64. The molecule has 2 rings (SSSR count). The van der Waals surface area contributed by atoms with Gasteiger partial charge in [-0.2, -0.15) is 0 Å². The monoisotopic (exact) mass is 171 g/mol. The van der Waals surface area contributed by atoms with Gasteiger partial charge >= 0.3 is 11.9 Å². The van der Waals surface area contributed by atoms with E-state index >= 15 is 0 Å². The van der Waals surface area contributed by atoms with Gasteiger partial charge in [0.15, 0.2) is 0 Å². The number of nitrogens with zero attached hydrogens (tertiary/aromatic N) is 1. The molecule has 1 heterocycles. The molecule has 0 radical (unpaired) electrons. The zero-order valence-corrected chi connectivity index (χ0v) is 6.45. The molecule has 1 aliphatic carbocycles. The van der Waals surface area contributed by atoms with E-state index in [-0.39, 0.29) is 0 Å². The molecular formula is C7H9NO4. The van der Waals surface area contributed by atoms with Crippen molar-refractivity contribution in [2.45, 2.75) is 31.5 Å². The van der Waals surface area contributed by atoms with Crippen LogP contribution in [-0.4, -0.2) is 22.9 Å². The van der Waals surface area contributed by atoms with Crippen LogP contribution in [-0.2, 0) is 9.47 Å². The lowest BCUT2D eigenvalue weighted by molar-refractivity contribution is -0.234.